The second-order valence-electron chi connectivity index (χ2n) is 8.45. The molecule has 0 unspecified atom stereocenters. The predicted molar refractivity (Wildman–Crippen MR) is 140 cm³/mol. The SMILES string of the molecule is CCC(=O)N1CCc2cc(Br)c(S(=O)(=O)CCC(=O)NC(c3ccccc3)c3ccccc3)cc21. The number of fused-ring (bicyclic) bond motifs is 1. The molecule has 0 saturated carbocycles. The Kier molecular flexibility index (Phi) is 7.72. The molecule has 2 amide bonds. The molecule has 35 heavy (non-hydrogen) atoms. The number of hydrogen-bond donors (Lipinski definition) is 1. The van der Waals surface area contributed by atoms with E-state index in [-0.39, 0.29) is 34.9 Å². The Morgan fingerprint density at radius 2 is 1.60 bits per heavy atom. The highest BCUT2D eigenvalue weighted by Crippen LogP contribution is 2.36. The summed E-state index contributed by atoms with van der Waals surface area (Å²) < 4.78 is 26.9. The number of anilines is 1. The molecule has 0 aliphatic carbocycles. The molecule has 3 aromatic carbocycles. The zero-order chi connectivity index (χ0) is 25.0. The Hall–Kier alpha value is -2.97. The molecule has 1 aliphatic rings. The first-order valence-electron chi connectivity index (χ1n) is 11.5. The monoisotopic (exact) mass is 554 g/mol. The average molecular weight is 555 g/mol. The van der Waals surface area contributed by atoms with Crippen LogP contribution in [0.1, 0.15) is 42.5 Å². The van der Waals surface area contributed by atoms with E-state index in [9.17, 15) is 18.0 Å². The van der Waals surface area contributed by atoms with E-state index in [1.165, 1.54) is 0 Å². The minimum absolute atomic E-state index is 0.0401. The van der Waals surface area contributed by atoms with Crippen LogP contribution in [0.3, 0.4) is 0 Å². The van der Waals surface area contributed by atoms with Gasteiger partial charge in [0, 0.05) is 29.5 Å². The summed E-state index contributed by atoms with van der Waals surface area (Å²) in [7, 11) is -3.77. The van der Waals surface area contributed by atoms with Crippen molar-refractivity contribution in [2.45, 2.75) is 37.1 Å². The lowest BCUT2D eigenvalue weighted by Crippen LogP contribution is -2.30. The number of nitrogens with zero attached hydrogens (tertiary/aromatic N) is 1. The molecule has 0 fully saturated rings. The second kappa shape index (κ2) is 10.7. The Morgan fingerprint density at radius 3 is 2.17 bits per heavy atom. The number of carbonyl (C=O) groups is 2. The molecule has 182 valence electrons. The third kappa shape index (κ3) is 5.65. The zero-order valence-corrected chi connectivity index (χ0v) is 21.8. The van der Waals surface area contributed by atoms with E-state index < -0.39 is 9.84 Å². The fraction of sp³-hybridized carbons (Fsp3) is 0.259. The van der Waals surface area contributed by atoms with Gasteiger partial charge in [0.2, 0.25) is 11.8 Å². The van der Waals surface area contributed by atoms with Crippen LogP contribution < -0.4 is 10.2 Å². The van der Waals surface area contributed by atoms with E-state index in [2.05, 4.69) is 21.2 Å². The number of amides is 2. The van der Waals surface area contributed by atoms with Crippen molar-refractivity contribution in [3.05, 3.63) is 94.0 Å². The van der Waals surface area contributed by atoms with Crippen LogP contribution >= 0.6 is 15.9 Å². The molecule has 0 bridgehead atoms. The van der Waals surface area contributed by atoms with Crippen LogP contribution in [0.15, 0.2) is 82.2 Å². The maximum Gasteiger partial charge on any atom is 0.226 e. The summed E-state index contributed by atoms with van der Waals surface area (Å²) in [4.78, 5) is 26.9. The van der Waals surface area contributed by atoms with Crippen LogP contribution in [0.5, 0.6) is 0 Å². The molecule has 1 heterocycles. The van der Waals surface area contributed by atoms with Crippen LogP contribution in [0.25, 0.3) is 0 Å². The van der Waals surface area contributed by atoms with Crippen molar-refractivity contribution in [1.82, 2.24) is 5.32 Å². The van der Waals surface area contributed by atoms with Gasteiger partial charge in [-0.3, -0.25) is 9.59 Å². The lowest BCUT2D eigenvalue weighted by Gasteiger charge is -2.20. The van der Waals surface area contributed by atoms with Crippen LogP contribution in [0.2, 0.25) is 0 Å². The van der Waals surface area contributed by atoms with Gasteiger partial charge in [-0.2, -0.15) is 0 Å². The molecular weight excluding hydrogens is 528 g/mol. The molecule has 1 aliphatic heterocycles. The first-order chi connectivity index (χ1) is 16.8. The van der Waals surface area contributed by atoms with Crippen molar-refractivity contribution in [1.29, 1.82) is 0 Å². The number of hydrogen-bond acceptors (Lipinski definition) is 4. The van der Waals surface area contributed by atoms with Crippen LogP contribution in [0.4, 0.5) is 5.69 Å². The minimum Gasteiger partial charge on any atom is -0.345 e. The number of benzene rings is 3. The fourth-order valence-corrected chi connectivity index (χ4v) is 6.75. The summed E-state index contributed by atoms with van der Waals surface area (Å²) in [6.07, 6.45) is 0.851. The van der Waals surface area contributed by atoms with E-state index in [4.69, 9.17) is 0 Å². The number of rotatable bonds is 8. The molecule has 0 spiro atoms. The van der Waals surface area contributed by atoms with Crippen molar-refractivity contribution < 1.29 is 18.0 Å². The van der Waals surface area contributed by atoms with E-state index >= 15 is 0 Å². The molecule has 6 nitrogen and oxygen atoms in total. The maximum absolute atomic E-state index is 13.2. The van der Waals surface area contributed by atoms with Gasteiger partial charge in [-0.1, -0.05) is 67.6 Å². The fourth-order valence-electron chi connectivity index (χ4n) is 4.30. The molecule has 8 heteroatoms. The van der Waals surface area contributed by atoms with Crippen LogP contribution in [-0.2, 0) is 25.8 Å². The normalized spacial score (nSPS) is 13.1. The summed E-state index contributed by atoms with van der Waals surface area (Å²) in [6.45, 7) is 2.33. The highest BCUT2D eigenvalue weighted by atomic mass is 79.9. The number of nitrogens with one attached hydrogen (secondary N) is 1. The van der Waals surface area contributed by atoms with Crippen molar-refractivity contribution in [2.24, 2.45) is 0 Å². The Morgan fingerprint density at radius 1 is 1.00 bits per heavy atom. The van der Waals surface area contributed by atoms with Gasteiger partial charge in [0.25, 0.3) is 0 Å². The number of carbonyl (C=O) groups excluding carboxylic acids is 2. The molecular formula is C27H27BrN2O4S. The van der Waals surface area contributed by atoms with Crippen molar-refractivity contribution in [3.8, 4) is 0 Å². The summed E-state index contributed by atoms with van der Waals surface area (Å²) >= 11 is 3.39. The maximum atomic E-state index is 13.2. The smallest absolute Gasteiger partial charge is 0.226 e. The molecule has 0 atom stereocenters. The van der Waals surface area contributed by atoms with E-state index in [0.29, 0.717) is 29.5 Å². The van der Waals surface area contributed by atoms with E-state index in [1.807, 2.05) is 60.7 Å². The van der Waals surface area contributed by atoms with Gasteiger partial charge in [0.1, 0.15) is 0 Å². The third-order valence-corrected chi connectivity index (χ3v) is 8.80. The topological polar surface area (TPSA) is 83.6 Å². The van der Waals surface area contributed by atoms with E-state index in [1.54, 1.807) is 24.0 Å². The largest absolute Gasteiger partial charge is 0.345 e. The van der Waals surface area contributed by atoms with Crippen LogP contribution in [-0.4, -0.2) is 32.5 Å². The number of sulfone groups is 1. The summed E-state index contributed by atoms with van der Waals surface area (Å²) in [6, 6.07) is 22.1. The second-order valence-corrected chi connectivity index (χ2v) is 11.4. The van der Waals surface area contributed by atoms with Gasteiger partial charge in [-0.05, 0) is 51.2 Å². The quantitative estimate of drug-likeness (QED) is 0.432. The van der Waals surface area contributed by atoms with Gasteiger partial charge in [-0.25, -0.2) is 8.42 Å². The van der Waals surface area contributed by atoms with Gasteiger partial charge in [0.15, 0.2) is 9.84 Å². The van der Waals surface area contributed by atoms with Crippen molar-refractivity contribution >= 4 is 43.3 Å². The summed E-state index contributed by atoms with van der Waals surface area (Å²) in [5, 5.41) is 2.99. The van der Waals surface area contributed by atoms with E-state index in [0.717, 1.165) is 16.7 Å². The Labute approximate surface area is 214 Å². The summed E-state index contributed by atoms with van der Waals surface area (Å²) in [5.74, 6) is -0.734. The first-order valence-corrected chi connectivity index (χ1v) is 14.0. The van der Waals surface area contributed by atoms with Crippen LogP contribution in [0, 0.1) is 0 Å². The standard InChI is InChI=1S/C27H27BrN2O4S/c1-2-26(32)30-15-13-21-17-22(28)24(18-23(21)30)35(33,34)16-14-25(31)29-27(19-9-5-3-6-10-19)20-11-7-4-8-12-20/h3-12,17-18,27H,2,13-16H2,1H3,(H,29,31). The molecule has 0 radical (unpaired) electrons. The number of halogens is 1. The zero-order valence-electron chi connectivity index (χ0n) is 19.4. The molecule has 1 N–H and O–H groups in total. The molecule has 3 aromatic rings. The van der Waals surface area contributed by atoms with Crippen molar-refractivity contribution in [2.75, 3.05) is 17.2 Å². The average Bonchev–Trinajstić information content (AvgIpc) is 3.29. The summed E-state index contributed by atoms with van der Waals surface area (Å²) in [5.41, 5.74) is 3.40. The molecule has 4 rings (SSSR count). The Balaban J connectivity index is 1.51. The van der Waals surface area contributed by atoms with Crippen molar-refractivity contribution in [3.63, 3.8) is 0 Å². The Bertz CT molecular complexity index is 1290. The predicted octanol–water partition coefficient (Wildman–Crippen LogP) is 4.82. The third-order valence-electron chi connectivity index (χ3n) is 6.14. The minimum atomic E-state index is -3.77. The highest BCUT2D eigenvalue weighted by molar-refractivity contribution is 9.10. The lowest BCUT2D eigenvalue weighted by molar-refractivity contribution is -0.121. The molecule has 0 saturated heterocycles. The lowest BCUT2D eigenvalue weighted by atomic mass is 9.98. The van der Waals surface area contributed by atoms with Gasteiger partial charge in [-0.15, -0.1) is 0 Å². The highest BCUT2D eigenvalue weighted by Gasteiger charge is 2.29. The first kappa shape index (κ1) is 25.1. The van der Waals surface area contributed by atoms with Gasteiger partial charge < -0.3 is 10.2 Å². The van der Waals surface area contributed by atoms with Gasteiger partial charge in [0.05, 0.1) is 16.7 Å². The molecule has 0 aromatic heterocycles. The van der Waals surface area contributed by atoms with Gasteiger partial charge >= 0.3 is 0 Å².